The zero-order valence-corrected chi connectivity index (χ0v) is 11.9. The molecule has 6 nitrogen and oxygen atoms in total. The lowest BCUT2D eigenvalue weighted by atomic mass is 9.96. The summed E-state index contributed by atoms with van der Waals surface area (Å²) in [5.41, 5.74) is 0.982. The lowest BCUT2D eigenvalue weighted by Crippen LogP contribution is -2.17. The molecule has 2 atom stereocenters. The topological polar surface area (TPSA) is 89.1 Å². The molecule has 1 fully saturated rings. The number of aliphatic carboxylic acids is 1. The Bertz CT molecular complexity index is 622. The van der Waals surface area contributed by atoms with E-state index in [0.717, 1.165) is 23.5 Å². The number of carboxylic acid groups (broad SMARTS) is 1. The number of nitrogens with zero attached hydrogens (tertiary/aromatic N) is 3. The van der Waals surface area contributed by atoms with Crippen molar-refractivity contribution in [1.82, 2.24) is 15.1 Å². The molecule has 0 saturated heterocycles. The number of thiazole rings is 1. The molecule has 2 heterocycles. The maximum absolute atomic E-state index is 11.2. The fourth-order valence-corrected chi connectivity index (χ4v) is 3.43. The zero-order chi connectivity index (χ0) is 14.1. The molecule has 0 spiro atoms. The zero-order valence-electron chi connectivity index (χ0n) is 11.1. The molecule has 0 bridgehead atoms. The van der Waals surface area contributed by atoms with Crippen molar-refractivity contribution in [3.8, 4) is 0 Å². The van der Waals surface area contributed by atoms with Crippen LogP contribution in [0, 0.1) is 12.8 Å². The molecule has 1 saturated carbocycles. The normalized spacial score (nSPS) is 22.2. The summed E-state index contributed by atoms with van der Waals surface area (Å²) < 4.78 is 5.26. The Morgan fingerprint density at radius 2 is 2.35 bits per heavy atom. The van der Waals surface area contributed by atoms with Gasteiger partial charge in [-0.3, -0.25) is 4.79 Å². The van der Waals surface area contributed by atoms with Crippen LogP contribution in [-0.2, 0) is 11.2 Å². The van der Waals surface area contributed by atoms with E-state index in [1.807, 2.05) is 12.3 Å². The van der Waals surface area contributed by atoms with Gasteiger partial charge in [-0.05, 0) is 19.8 Å². The van der Waals surface area contributed by atoms with E-state index in [0.29, 0.717) is 24.6 Å². The first-order chi connectivity index (χ1) is 9.63. The van der Waals surface area contributed by atoms with Crippen molar-refractivity contribution in [1.29, 1.82) is 0 Å². The largest absolute Gasteiger partial charge is 0.481 e. The van der Waals surface area contributed by atoms with Crippen LogP contribution in [0.5, 0.6) is 0 Å². The van der Waals surface area contributed by atoms with Crippen LogP contribution < -0.4 is 0 Å². The maximum Gasteiger partial charge on any atom is 0.307 e. The van der Waals surface area contributed by atoms with Crippen LogP contribution in [0.1, 0.15) is 47.6 Å². The summed E-state index contributed by atoms with van der Waals surface area (Å²) in [4.78, 5) is 19.9. The standard InChI is InChI=1S/C13H15N3O3S/c1-7-6-20-11(14-7)5-10-15-12(19-16-10)8-3-2-4-9(8)13(17)18/h6,8-9H,2-5H2,1H3,(H,17,18). The summed E-state index contributed by atoms with van der Waals surface area (Å²) in [6, 6.07) is 0. The minimum atomic E-state index is -0.775. The second kappa shape index (κ2) is 5.32. The molecule has 2 aromatic heterocycles. The number of rotatable bonds is 4. The SMILES string of the molecule is Cc1csc(Cc2noc(C3CCCC3C(=O)O)n2)n1. The molecule has 1 aliphatic carbocycles. The number of hydrogen-bond acceptors (Lipinski definition) is 6. The monoisotopic (exact) mass is 293 g/mol. The number of carboxylic acids is 1. The molecule has 3 rings (SSSR count). The summed E-state index contributed by atoms with van der Waals surface area (Å²) in [6.07, 6.45) is 2.91. The molecule has 2 aromatic rings. The first-order valence-electron chi connectivity index (χ1n) is 6.60. The Morgan fingerprint density at radius 1 is 1.50 bits per heavy atom. The molecule has 1 N–H and O–H groups in total. The van der Waals surface area contributed by atoms with Gasteiger partial charge < -0.3 is 9.63 Å². The molecular formula is C13H15N3O3S. The fourth-order valence-electron chi connectivity index (χ4n) is 2.66. The lowest BCUT2D eigenvalue weighted by Gasteiger charge is -2.09. The van der Waals surface area contributed by atoms with Crippen molar-refractivity contribution >= 4 is 17.3 Å². The summed E-state index contributed by atoms with van der Waals surface area (Å²) in [5.74, 6) is -0.288. The maximum atomic E-state index is 11.2. The Balaban J connectivity index is 1.75. The number of aromatic nitrogens is 3. The first-order valence-corrected chi connectivity index (χ1v) is 7.47. The van der Waals surface area contributed by atoms with E-state index in [1.54, 1.807) is 11.3 Å². The van der Waals surface area contributed by atoms with E-state index in [4.69, 9.17) is 4.52 Å². The van der Waals surface area contributed by atoms with Crippen LogP contribution in [0.4, 0.5) is 0 Å². The van der Waals surface area contributed by atoms with E-state index in [-0.39, 0.29) is 5.92 Å². The molecule has 0 aromatic carbocycles. The third-order valence-corrected chi connectivity index (χ3v) is 4.58. The second-order valence-corrected chi connectivity index (χ2v) is 6.03. The van der Waals surface area contributed by atoms with Crippen molar-refractivity contribution < 1.29 is 14.4 Å². The highest BCUT2D eigenvalue weighted by Crippen LogP contribution is 2.39. The Hall–Kier alpha value is -1.76. The molecule has 0 amide bonds. The predicted molar refractivity (Wildman–Crippen MR) is 71.7 cm³/mol. The average molecular weight is 293 g/mol. The van der Waals surface area contributed by atoms with Crippen LogP contribution in [0.2, 0.25) is 0 Å². The minimum Gasteiger partial charge on any atom is -0.481 e. The Labute approximate surface area is 119 Å². The van der Waals surface area contributed by atoms with Crippen LogP contribution in [0.3, 0.4) is 0 Å². The third-order valence-electron chi connectivity index (χ3n) is 3.61. The molecule has 0 aliphatic heterocycles. The Kier molecular flexibility index (Phi) is 3.52. The lowest BCUT2D eigenvalue weighted by molar-refractivity contribution is -0.142. The van der Waals surface area contributed by atoms with Crippen molar-refractivity contribution in [2.45, 2.75) is 38.5 Å². The van der Waals surface area contributed by atoms with Gasteiger partial charge in [-0.2, -0.15) is 4.98 Å². The molecule has 106 valence electrons. The first kappa shape index (κ1) is 13.2. The van der Waals surface area contributed by atoms with Gasteiger partial charge in [0.25, 0.3) is 0 Å². The smallest absolute Gasteiger partial charge is 0.307 e. The Morgan fingerprint density at radius 3 is 3.05 bits per heavy atom. The number of hydrogen-bond donors (Lipinski definition) is 1. The molecule has 1 aliphatic rings. The molecule has 7 heteroatoms. The number of aryl methyl sites for hydroxylation is 1. The third kappa shape index (κ3) is 2.58. The summed E-state index contributed by atoms with van der Waals surface area (Å²) in [6.45, 7) is 1.94. The quantitative estimate of drug-likeness (QED) is 0.931. The van der Waals surface area contributed by atoms with E-state index in [2.05, 4.69) is 15.1 Å². The van der Waals surface area contributed by atoms with E-state index in [9.17, 15) is 9.90 Å². The van der Waals surface area contributed by atoms with Gasteiger partial charge in [0.2, 0.25) is 5.89 Å². The molecular weight excluding hydrogens is 278 g/mol. The fraction of sp³-hybridized carbons (Fsp3) is 0.538. The van der Waals surface area contributed by atoms with Crippen LogP contribution >= 0.6 is 11.3 Å². The van der Waals surface area contributed by atoms with Gasteiger partial charge in [0.15, 0.2) is 5.82 Å². The second-order valence-electron chi connectivity index (χ2n) is 5.09. The van der Waals surface area contributed by atoms with Gasteiger partial charge in [-0.25, -0.2) is 4.98 Å². The van der Waals surface area contributed by atoms with Gasteiger partial charge >= 0.3 is 5.97 Å². The highest BCUT2D eigenvalue weighted by Gasteiger charge is 2.37. The van der Waals surface area contributed by atoms with E-state index in [1.165, 1.54) is 0 Å². The molecule has 2 unspecified atom stereocenters. The van der Waals surface area contributed by atoms with Crippen LogP contribution in [-0.4, -0.2) is 26.2 Å². The minimum absolute atomic E-state index is 0.146. The van der Waals surface area contributed by atoms with Gasteiger partial charge in [0.05, 0.1) is 18.3 Å². The van der Waals surface area contributed by atoms with Crippen LogP contribution in [0.25, 0.3) is 0 Å². The predicted octanol–water partition coefficient (Wildman–Crippen LogP) is 2.39. The summed E-state index contributed by atoms with van der Waals surface area (Å²) in [7, 11) is 0. The summed E-state index contributed by atoms with van der Waals surface area (Å²) in [5, 5.41) is 16.1. The molecule has 20 heavy (non-hydrogen) atoms. The van der Waals surface area contributed by atoms with E-state index < -0.39 is 11.9 Å². The number of carbonyl (C=O) groups is 1. The van der Waals surface area contributed by atoms with Crippen molar-refractivity contribution in [3.05, 3.63) is 27.8 Å². The van der Waals surface area contributed by atoms with Crippen LogP contribution in [0.15, 0.2) is 9.90 Å². The van der Waals surface area contributed by atoms with Crippen molar-refractivity contribution in [2.75, 3.05) is 0 Å². The van der Waals surface area contributed by atoms with Crippen molar-refractivity contribution in [3.63, 3.8) is 0 Å². The van der Waals surface area contributed by atoms with Gasteiger partial charge in [0, 0.05) is 11.1 Å². The molecule has 0 radical (unpaired) electrons. The summed E-state index contributed by atoms with van der Waals surface area (Å²) >= 11 is 1.56. The van der Waals surface area contributed by atoms with E-state index >= 15 is 0 Å². The van der Waals surface area contributed by atoms with Crippen molar-refractivity contribution in [2.24, 2.45) is 5.92 Å². The highest BCUT2D eigenvalue weighted by atomic mass is 32.1. The average Bonchev–Trinajstić information content (AvgIpc) is 3.09. The van der Waals surface area contributed by atoms with Gasteiger partial charge in [0.1, 0.15) is 5.01 Å². The highest BCUT2D eigenvalue weighted by molar-refractivity contribution is 7.09. The van der Waals surface area contributed by atoms with Gasteiger partial charge in [-0.1, -0.05) is 11.6 Å². The van der Waals surface area contributed by atoms with Gasteiger partial charge in [-0.15, -0.1) is 11.3 Å².